The minimum atomic E-state index is -3.68. The molecule has 1 aliphatic rings. The number of hydrogen-bond donors (Lipinski definition) is 1. The first-order valence-electron chi connectivity index (χ1n) is 8.79. The Labute approximate surface area is 154 Å². The van der Waals surface area contributed by atoms with Gasteiger partial charge >= 0.3 is 0 Å². The Morgan fingerprint density at radius 3 is 2.88 bits per heavy atom. The fraction of sp³-hybridized carbons (Fsp3) is 0.444. The van der Waals surface area contributed by atoms with Crippen molar-refractivity contribution in [1.29, 1.82) is 0 Å². The van der Waals surface area contributed by atoms with E-state index in [1.54, 1.807) is 4.57 Å². The Morgan fingerprint density at radius 2 is 2.19 bits per heavy atom. The monoisotopic (exact) mass is 376 g/mol. The van der Waals surface area contributed by atoms with E-state index in [9.17, 15) is 13.2 Å². The van der Waals surface area contributed by atoms with E-state index in [4.69, 9.17) is 0 Å². The Balaban J connectivity index is 1.71. The van der Waals surface area contributed by atoms with Crippen LogP contribution in [-0.2, 0) is 21.4 Å². The predicted octanol–water partition coefficient (Wildman–Crippen LogP) is 2.25. The molecule has 1 saturated heterocycles. The lowest BCUT2D eigenvalue weighted by Crippen LogP contribution is -2.43. The van der Waals surface area contributed by atoms with Crippen LogP contribution in [0.25, 0.3) is 0 Å². The van der Waals surface area contributed by atoms with Crippen molar-refractivity contribution in [3.63, 3.8) is 0 Å². The van der Waals surface area contributed by atoms with E-state index in [0.29, 0.717) is 25.9 Å². The first-order valence-corrected chi connectivity index (χ1v) is 10.2. The number of nitrogens with zero attached hydrogens (tertiary/aromatic N) is 3. The van der Waals surface area contributed by atoms with Crippen molar-refractivity contribution in [1.82, 2.24) is 13.9 Å². The number of anilines is 1. The number of carbonyl (C=O) groups is 1. The summed E-state index contributed by atoms with van der Waals surface area (Å²) in [4.78, 5) is 16.6. The highest BCUT2D eigenvalue weighted by molar-refractivity contribution is 7.89. The summed E-state index contributed by atoms with van der Waals surface area (Å²) in [6.45, 7) is 5.13. The van der Waals surface area contributed by atoms with Gasteiger partial charge in [-0.15, -0.1) is 0 Å². The van der Waals surface area contributed by atoms with Crippen LogP contribution in [0.1, 0.15) is 25.3 Å². The van der Waals surface area contributed by atoms with Crippen LogP contribution < -0.4 is 5.32 Å². The summed E-state index contributed by atoms with van der Waals surface area (Å²) in [5, 5.41) is 2.94. The van der Waals surface area contributed by atoms with Crippen molar-refractivity contribution in [2.45, 2.75) is 38.3 Å². The molecule has 26 heavy (non-hydrogen) atoms. The number of rotatable bonds is 5. The number of imidazole rings is 1. The second kappa shape index (κ2) is 7.59. The summed E-state index contributed by atoms with van der Waals surface area (Å²) in [6, 6.07) is 7.57. The number of nitrogens with one attached hydrogen (secondary N) is 1. The van der Waals surface area contributed by atoms with E-state index >= 15 is 0 Å². The quantitative estimate of drug-likeness (QED) is 0.867. The number of aromatic nitrogens is 2. The van der Waals surface area contributed by atoms with E-state index in [1.165, 1.54) is 16.8 Å². The molecule has 0 unspecified atom stereocenters. The van der Waals surface area contributed by atoms with Gasteiger partial charge in [-0.1, -0.05) is 12.1 Å². The second-order valence-electron chi connectivity index (χ2n) is 6.60. The van der Waals surface area contributed by atoms with Gasteiger partial charge in [0, 0.05) is 31.5 Å². The molecule has 2 aromatic rings. The number of piperidine rings is 1. The molecular weight excluding hydrogens is 352 g/mol. The van der Waals surface area contributed by atoms with Crippen molar-refractivity contribution >= 4 is 21.6 Å². The Kier molecular flexibility index (Phi) is 5.43. The molecule has 2 heterocycles. The number of carbonyl (C=O) groups excluding carboxylic acids is 1. The maximum absolute atomic E-state index is 12.8. The minimum Gasteiger partial charge on any atom is -0.336 e. The molecule has 0 aliphatic carbocycles. The van der Waals surface area contributed by atoms with Gasteiger partial charge in [-0.3, -0.25) is 4.79 Å². The maximum Gasteiger partial charge on any atom is 0.262 e. The van der Waals surface area contributed by atoms with Gasteiger partial charge in [-0.25, -0.2) is 13.4 Å². The Bertz CT molecular complexity index is 891. The standard InChI is InChI=1S/C18H24N4O3S/c1-3-21-12-17(19-13-21)26(24,25)22-9-5-7-15(11-22)18(23)20-16-8-4-6-14(2)10-16/h4,6,8,10,12-13,15H,3,5,7,9,11H2,1-2H3,(H,20,23)/t15-/m1/s1. The van der Waals surface area contributed by atoms with Gasteiger partial charge in [0.25, 0.3) is 10.0 Å². The zero-order valence-corrected chi connectivity index (χ0v) is 15.9. The molecule has 1 atom stereocenters. The zero-order valence-electron chi connectivity index (χ0n) is 15.1. The van der Waals surface area contributed by atoms with Gasteiger partial charge in [0.15, 0.2) is 5.03 Å². The number of hydrogen-bond acceptors (Lipinski definition) is 4. The van der Waals surface area contributed by atoms with Crippen LogP contribution >= 0.6 is 0 Å². The molecule has 1 N–H and O–H groups in total. The number of benzene rings is 1. The molecule has 0 radical (unpaired) electrons. The summed E-state index contributed by atoms with van der Waals surface area (Å²) in [5.41, 5.74) is 1.79. The topological polar surface area (TPSA) is 84.3 Å². The van der Waals surface area contributed by atoms with Gasteiger partial charge in [-0.2, -0.15) is 4.31 Å². The van der Waals surface area contributed by atoms with E-state index < -0.39 is 10.0 Å². The van der Waals surface area contributed by atoms with Gasteiger partial charge < -0.3 is 9.88 Å². The summed E-state index contributed by atoms with van der Waals surface area (Å²) in [5.74, 6) is -0.512. The molecule has 1 amide bonds. The molecule has 3 rings (SSSR count). The van der Waals surface area contributed by atoms with Crippen LogP contribution in [0, 0.1) is 12.8 Å². The highest BCUT2D eigenvalue weighted by Crippen LogP contribution is 2.24. The van der Waals surface area contributed by atoms with E-state index in [2.05, 4.69) is 10.3 Å². The van der Waals surface area contributed by atoms with Gasteiger partial charge in [0.05, 0.1) is 12.2 Å². The summed E-state index contributed by atoms with van der Waals surface area (Å²) in [7, 11) is -3.68. The van der Waals surface area contributed by atoms with Crippen LogP contribution in [0.3, 0.4) is 0 Å². The number of amides is 1. The Morgan fingerprint density at radius 1 is 1.38 bits per heavy atom. The highest BCUT2D eigenvalue weighted by Gasteiger charge is 2.34. The average molecular weight is 376 g/mol. The van der Waals surface area contributed by atoms with Gasteiger partial charge in [0.1, 0.15) is 0 Å². The van der Waals surface area contributed by atoms with Crippen molar-refractivity contribution in [2.24, 2.45) is 5.92 Å². The molecule has 8 heteroatoms. The lowest BCUT2D eigenvalue weighted by Gasteiger charge is -2.30. The maximum atomic E-state index is 12.8. The van der Waals surface area contributed by atoms with Crippen LogP contribution in [0.4, 0.5) is 5.69 Å². The van der Waals surface area contributed by atoms with Crippen LogP contribution in [0.15, 0.2) is 41.8 Å². The zero-order chi connectivity index (χ0) is 18.7. The average Bonchev–Trinajstić information content (AvgIpc) is 3.12. The smallest absolute Gasteiger partial charge is 0.262 e. The SMILES string of the molecule is CCn1cnc(S(=O)(=O)N2CCC[C@@H](C(=O)Nc3cccc(C)c3)C2)c1. The fourth-order valence-electron chi connectivity index (χ4n) is 3.12. The molecule has 7 nitrogen and oxygen atoms in total. The lowest BCUT2D eigenvalue weighted by atomic mass is 9.98. The molecule has 1 fully saturated rings. The van der Waals surface area contributed by atoms with Crippen molar-refractivity contribution in [3.05, 3.63) is 42.4 Å². The van der Waals surface area contributed by atoms with E-state index in [0.717, 1.165) is 11.3 Å². The first kappa shape index (κ1) is 18.6. The molecule has 1 aliphatic heterocycles. The van der Waals surface area contributed by atoms with E-state index in [1.807, 2.05) is 38.1 Å². The molecular formula is C18H24N4O3S. The predicted molar refractivity (Wildman–Crippen MR) is 99.2 cm³/mol. The summed E-state index contributed by atoms with van der Waals surface area (Å²) < 4.78 is 28.7. The third-order valence-corrected chi connectivity index (χ3v) is 6.37. The lowest BCUT2D eigenvalue weighted by molar-refractivity contribution is -0.120. The largest absolute Gasteiger partial charge is 0.336 e. The molecule has 0 bridgehead atoms. The molecule has 140 valence electrons. The molecule has 0 spiro atoms. The first-order chi connectivity index (χ1) is 12.4. The second-order valence-corrected chi connectivity index (χ2v) is 8.49. The third-order valence-electron chi connectivity index (χ3n) is 4.62. The van der Waals surface area contributed by atoms with Crippen molar-refractivity contribution in [2.75, 3.05) is 18.4 Å². The van der Waals surface area contributed by atoms with Gasteiger partial charge in [-0.05, 0) is 44.4 Å². The molecule has 1 aromatic carbocycles. The minimum absolute atomic E-state index is 0.0408. The van der Waals surface area contributed by atoms with E-state index in [-0.39, 0.29) is 23.4 Å². The van der Waals surface area contributed by atoms with Crippen molar-refractivity contribution < 1.29 is 13.2 Å². The van der Waals surface area contributed by atoms with Gasteiger partial charge in [0.2, 0.25) is 5.91 Å². The molecule has 0 saturated carbocycles. The van der Waals surface area contributed by atoms with Crippen LogP contribution in [0.5, 0.6) is 0 Å². The highest BCUT2D eigenvalue weighted by atomic mass is 32.2. The van der Waals surface area contributed by atoms with Crippen LogP contribution in [0.2, 0.25) is 0 Å². The Hall–Kier alpha value is -2.19. The number of sulfonamides is 1. The number of aryl methyl sites for hydroxylation is 2. The third kappa shape index (κ3) is 3.96. The normalized spacial score (nSPS) is 18.6. The van der Waals surface area contributed by atoms with Crippen LogP contribution in [-0.4, -0.2) is 41.3 Å². The van der Waals surface area contributed by atoms with Crippen molar-refractivity contribution in [3.8, 4) is 0 Å². The summed E-state index contributed by atoms with van der Waals surface area (Å²) in [6.07, 6.45) is 4.37. The molecule has 1 aromatic heterocycles. The fourth-order valence-corrected chi connectivity index (χ4v) is 4.58. The summed E-state index contributed by atoms with van der Waals surface area (Å²) >= 11 is 0.